The number of carbonyl (C=O) groups excluding carboxylic acids is 1. The fourth-order valence-electron chi connectivity index (χ4n) is 5.58. The SMILES string of the molecule is CN1CCCN(Cc2ccc(Nc3nc(-c4cccc(NC(=O)c5ccc(C(C)(C)C)cc5)c4)cn4ccnc34)cc2)CC1. The quantitative estimate of drug-likeness (QED) is 0.217. The van der Waals surface area contributed by atoms with Gasteiger partial charge in [0.2, 0.25) is 0 Å². The molecule has 2 aromatic heterocycles. The molecule has 6 rings (SSSR count). The monoisotopic (exact) mass is 587 g/mol. The van der Waals surface area contributed by atoms with Gasteiger partial charge < -0.3 is 19.9 Å². The molecule has 44 heavy (non-hydrogen) atoms. The van der Waals surface area contributed by atoms with Gasteiger partial charge >= 0.3 is 0 Å². The maximum Gasteiger partial charge on any atom is 0.255 e. The van der Waals surface area contributed by atoms with Crippen molar-refractivity contribution in [3.63, 3.8) is 0 Å². The molecule has 1 saturated heterocycles. The van der Waals surface area contributed by atoms with Crippen LogP contribution in [0.4, 0.5) is 17.2 Å². The molecule has 1 aliphatic rings. The van der Waals surface area contributed by atoms with Gasteiger partial charge in [-0.05, 0) is 79.5 Å². The molecule has 5 aromatic rings. The normalized spacial score (nSPS) is 14.8. The Hall–Kier alpha value is -4.53. The summed E-state index contributed by atoms with van der Waals surface area (Å²) < 4.78 is 1.97. The van der Waals surface area contributed by atoms with Crippen LogP contribution in [0.3, 0.4) is 0 Å². The van der Waals surface area contributed by atoms with E-state index in [0.29, 0.717) is 17.1 Å². The van der Waals surface area contributed by atoms with Crippen molar-refractivity contribution in [2.24, 2.45) is 0 Å². The van der Waals surface area contributed by atoms with Crippen molar-refractivity contribution in [2.45, 2.75) is 39.2 Å². The van der Waals surface area contributed by atoms with Gasteiger partial charge in [0.25, 0.3) is 5.91 Å². The Labute approximate surface area is 259 Å². The molecule has 3 aromatic carbocycles. The molecule has 1 amide bonds. The Morgan fingerprint density at radius 2 is 1.70 bits per heavy atom. The van der Waals surface area contributed by atoms with E-state index in [9.17, 15) is 4.79 Å². The van der Waals surface area contributed by atoms with Crippen molar-refractivity contribution in [3.05, 3.63) is 108 Å². The molecule has 0 radical (unpaired) electrons. The first-order chi connectivity index (χ1) is 21.2. The lowest BCUT2D eigenvalue weighted by atomic mass is 9.87. The highest BCUT2D eigenvalue weighted by atomic mass is 16.1. The minimum Gasteiger partial charge on any atom is -0.337 e. The summed E-state index contributed by atoms with van der Waals surface area (Å²) in [4.78, 5) is 27.5. The van der Waals surface area contributed by atoms with Crippen LogP contribution in [0, 0.1) is 0 Å². The second-order valence-electron chi connectivity index (χ2n) is 12.8. The van der Waals surface area contributed by atoms with Gasteiger partial charge in [-0.2, -0.15) is 0 Å². The Kier molecular flexibility index (Phi) is 8.46. The van der Waals surface area contributed by atoms with E-state index in [1.165, 1.54) is 24.1 Å². The number of nitrogens with one attached hydrogen (secondary N) is 2. The Morgan fingerprint density at radius 3 is 2.48 bits per heavy atom. The fourth-order valence-corrected chi connectivity index (χ4v) is 5.58. The van der Waals surface area contributed by atoms with Crippen LogP contribution in [0.1, 0.15) is 48.7 Å². The summed E-state index contributed by atoms with van der Waals surface area (Å²) in [5, 5.41) is 6.53. The van der Waals surface area contributed by atoms with Crippen LogP contribution in [0.25, 0.3) is 16.9 Å². The van der Waals surface area contributed by atoms with Crippen molar-refractivity contribution < 1.29 is 4.79 Å². The van der Waals surface area contributed by atoms with Crippen LogP contribution in [-0.4, -0.2) is 63.3 Å². The molecule has 3 heterocycles. The van der Waals surface area contributed by atoms with E-state index in [1.54, 1.807) is 6.20 Å². The Morgan fingerprint density at radius 1 is 0.909 bits per heavy atom. The van der Waals surface area contributed by atoms with Crippen LogP contribution in [0.5, 0.6) is 0 Å². The van der Waals surface area contributed by atoms with Gasteiger partial charge in [0.05, 0.1) is 5.69 Å². The number of amides is 1. The van der Waals surface area contributed by atoms with Gasteiger partial charge in [-0.1, -0.05) is 57.2 Å². The van der Waals surface area contributed by atoms with Gasteiger partial charge in [0.15, 0.2) is 11.5 Å². The van der Waals surface area contributed by atoms with Gasteiger partial charge in [0.1, 0.15) is 0 Å². The van der Waals surface area contributed by atoms with E-state index in [1.807, 2.05) is 65.3 Å². The zero-order valence-electron chi connectivity index (χ0n) is 26.0. The molecule has 1 fully saturated rings. The number of rotatable bonds is 7. The molecule has 226 valence electrons. The fraction of sp³-hybridized carbons (Fsp3) is 0.306. The molecule has 2 N–H and O–H groups in total. The average molecular weight is 588 g/mol. The van der Waals surface area contributed by atoms with Crippen molar-refractivity contribution in [2.75, 3.05) is 43.9 Å². The molecule has 0 unspecified atom stereocenters. The first kappa shape index (κ1) is 29.5. The Balaban J connectivity index is 1.18. The Bertz CT molecular complexity index is 1740. The standard InChI is InChI=1S/C36H41N7O/c1-36(2,3)29-13-11-27(12-14-29)35(44)39-31-8-5-7-28(23-31)32-25-43-20-17-37-34(43)33(40-32)38-30-15-9-26(10-16-30)24-42-19-6-18-41(4)21-22-42/h5,7-17,20,23,25H,6,18-19,21-22,24H2,1-4H3,(H,38,40)(H,39,44). The first-order valence-corrected chi connectivity index (χ1v) is 15.3. The third kappa shape index (κ3) is 6.98. The summed E-state index contributed by atoms with van der Waals surface area (Å²) in [6.45, 7) is 12.0. The number of anilines is 3. The van der Waals surface area contributed by atoms with E-state index in [0.717, 1.165) is 48.8 Å². The molecule has 0 saturated carbocycles. The second kappa shape index (κ2) is 12.6. The number of imidazole rings is 1. The number of hydrogen-bond acceptors (Lipinski definition) is 6. The van der Waals surface area contributed by atoms with Crippen LogP contribution in [0.2, 0.25) is 0 Å². The summed E-state index contributed by atoms with van der Waals surface area (Å²) in [6, 6.07) is 24.2. The van der Waals surface area contributed by atoms with Crippen molar-refractivity contribution >= 4 is 28.7 Å². The largest absolute Gasteiger partial charge is 0.337 e. The zero-order valence-corrected chi connectivity index (χ0v) is 26.0. The lowest BCUT2D eigenvalue weighted by Gasteiger charge is -2.20. The molecule has 8 heteroatoms. The average Bonchev–Trinajstić information content (AvgIpc) is 3.40. The van der Waals surface area contributed by atoms with Crippen molar-refractivity contribution in [3.8, 4) is 11.3 Å². The summed E-state index contributed by atoms with van der Waals surface area (Å²) in [5.41, 5.74) is 7.23. The molecule has 0 aliphatic carbocycles. The minimum absolute atomic E-state index is 0.0357. The predicted octanol–water partition coefficient (Wildman–Crippen LogP) is 6.83. The highest BCUT2D eigenvalue weighted by Gasteiger charge is 2.16. The van der Waals surface area contributed by atoms with Gasteiger partial charge in [0, 0.05) is 60.7 Å². The summed E-state index contributed by atoms with van der Waals surface area (Å²) in [7, 11) is 2.20. The highest BCUT2D eigenvalue weighted by Crippen LogP contribution is 2.27. The topological polar surface area (TPSA) is 77.8 Å². The van der Waals surface area contributed by atoms with E-state index in [-0.39, 0.29) is 11.3 Å². The smallest absolute Gasteiger partial charge is 0.255 e. The number of aromatic nitrogens is 3. The molecule has 0 bridgehead atoms. The van der Waals surface area contributed by atoms with Crippen molar-refractivity contribution in [1.29, 1.82) is 0 Å². The number of carbonyl (C=O) groups is 1. The number of hydrogen-bond donors (Lipinski definition) is 2. The summed E-state index contributed by atoms with van der Waals surface area (Å²) in [5.74, 6) is 0.527. The third-order valence-electron chi connectivity index (χ3n) is 8.24. The van der Waals surface area contributed by atoms with E-state index in [4.69, 9.17) is 4.98 Å². The van der Waals surface area contributed by atoms with Crippen molar-refractivity contribution in [1.82, 2.24) is 24.2 Å². The summed E-state index contributed by atoms with van der Waals surface area (Å²) in [6.07, 6.45) is 6.86. The zero-order chi connectivity index (χ0) is 30.7. The van der Waals surface area contributed by atoms with E-state index >= 15 is 0 Å². The van der Waals surface area contributed by atoms with E-state index in [2.05, 4.69) is 77.5 Å². The van der Waals surface area contributed by atoms with Gasteiger partial charge in [-0.15, -0.1) is 0 Å². The van der Waals surface area contributed by atoms with E-state index < -0.39 is 0 Å². The minimum atomic E-state index is -0.144. The lowest BCUT2D eigenvalue weighted by Crippen LogP contribution is -2.28. The van der Waals surface area contributed by atoms with Crippen LogP contribution >= 0.6 is 0 Å². The predicted molar refractivity (Wildman–Crippen MR) is 179 cm³/mol. The first-order valence-electron chi connectivity index (χ1n) is 15.3. The van der Waals surface area contributed by atoms with Crippen LogP contribution < -0.4 is 10.6 Å². The molecular weight excluding hydrogens is 546 g/mol. The molecule has 8 nitrogen and oxygen atoms in total. The lowest BCUT2D eigenvalue weighted by molar-refractivity contribution is 0.102. The third-order valence-corrected chi connectivity index (χ3v) is 8.24. The molecule has 0 spiro atoms. The number of likely N-dealkylation sites (N-methyl/N-ethyl adjacent to an activating group) is 1. The number of benzene rings is 3. The maximum absolute atomic E-state index is 13.0. The van der Waals surface area contributed by atoms with Crippen LogP contribution in [-0.2, 0) is 12.0 Å². The van der Waals surface area contributed by atoms with Gasteiger partial charge in [-0.25, -0.2) is 9.97 Å². The maximum atomic E-state index is 13.0. The highest BCUT2D eigenvalue weighted by molar-refractivity contribution is 6.04. The second-order valence-corrected chi connectivity index (χ2v) is 12.8. The molecule has 0 atom stereocenters. The van der Waals surface area contributed by atoms with Gasteiger partial charge in [-0.3, -0.25) is 9.69 Å². The summed E-state index contributed by atoms with van der Waals surface area (Å²) >= 11 is 0. The molecular formula is C36H41N7O. The number of nitrogens with zero attached hydrogens (tertiary/aromatic N) is 5. The number of fused-ring (bicyclic) bond motifs is 1. The molecule has 1 aliphatic heterocycles. The van der Waals surface area contributed by atoms with Crippen LogP contribution in [0.15, 0.2) is 91.4 Å².